The van der Waals surface area contributed by atoms with E-state index in [-0.39, 0.29) is 18.2 Å². The maximum Gasteiger partial charge on any atom is 0.269 e. The molecular weight excluding hydrogens is 352 g/mol. The summed E-state index contributed by atoms with van der Waals surface area (Å²) in [4.78, 5) is 24.5. The van der Waals surface area contributed by atoms with Gasteiger partial charge in [-0.2, -0.15) is 5.10 Å². The summed E-state index contributed by atoms with van der Waals surface area (Å²) < 4.78 is 17.1. The number of rotatable bonds is 3. The molecule has 2 aliphatic rings. The summed E-state index contributed by atoms with van der Waals surface area (Å²) in [5, 5.41) is 12.1. The molecule has 0 bridgehead atoms. The van der Waals surface area contributed by atoms with E-state index >= 15 is 0 Å². The first-order chi connectivity index (χ1) is 13.1. The molecule has 0 unspecified atom stereocenters. The Morgan fingerprint density at radius 1 is 1.30 bits per heavy atom. The number of carbonyl (C=O) groups is 2. The van der Waals surface area contributed by atoms with Crippen molar-refractivity contribution in [3.8, 4) is 17.2 Å². The summed E-state index contributed by atoms with van der Waals surface area (Å²) >= 11 is 0. The lowest BCUT2D eigenvalue weighted by molar-refractivity contribution is -0.116. The van der Waals surface area contributed by atoms with Gasteiger partial charge in [0.15, 0.2) is 17.3 Å². The van der Waals surface area contributed by atoms with Crippen molar-refractivity contribution >= 4 is 17.6 Å². The second kappa shape index (κ2) is 6.82. The monoisotopic (exact) mass is 372 g/mol. The number of nitrogens with one attached hydrogen (secondary N) is 3. The van der Waals surface area contributed by atoms with Gasteiger partial charge < -0.3 is 24.8 Å². The minimum Gasteiger partial charge on any atom is -0.496 e. The molecule has 1 aromatic carbocycles. The van der Waals surface area contributed by atoms with Crippen LogP contribution < -0.4 is 24.8 Å². The van der Waals surface area contributed by atoms with Crippen molar-refractivity contribution in [2.45, 2.75) is 18.8 Å². The van der Waals surface area contributed by atoms with Gasteiger partial charge >= 0.3 is 0 Å². The van der Waals surface area contributed by atoms with Gasteiger partial charge in [-0.3, -0.25) is 14.7 Å². The first-order valence-corrected chi connectivity index (χ1v) is 8.70. The van der Waals surface area contributed by atoms with Gasteiger partial charge in [0.05, 0.1) is 20.3 Å². The molecule has 4 rings (SSSR count). The normalized spacial score (nSPS) is 18.1. The molecule has 0 fully saturated rings. The van der Waals surface area contributed by atoms with Crippen LogP contribution in [0.1, 0.15) is 40.4 Å². The molecule has 0 saturated heterocycles. The average molecular weight is 372 g/mol. The molecular formula is C18H20N4O5. The van der Waals surface area contributed by atoms with E-state index in [1.807, 2.05) is 6.07 Å². The lowest BCUT2D eigenvalue weighted by Crippen LogP contribution is -2.26. The number of hydrogen-bond donors (Lipinski definition) is 3. The summed E-state index contributed by atoms with van der Waals surface area (Å²) in [6, 6.07) is 3.59. The van der Waals surface area contributed by atoms with Gasteiger partial charge in [-0.05, 0) is 6.07 Å². The smallest absolute Gasteiger partial charge is 0.269 e. The highest BCUT2D eigenvalue weighted by molar-refractivity contribution is 6.00. The van der Waals surface area contributed by atoms with E-state index in [0.29, 0.717) is 47.5 Å². The molecule has 2 amide bonds. The standard InChI is InChI=1S/C18H20N4O5/c1-19-18(24)16-15-10(7-14(23)20-17(15)22-21-16)9-6-12-13(8-11(9)25-2)27-5-3-4-26-12/h6,8,10H,3-5,7H2,1-2H3,(H,19,24)(H2,20,21,22,23)/t10-/m0/s1. The third-order valence-electron chi connectivity index (χ3n) is 4.73. The zero-order valence-corrected chi connectivity index (χ0v) is 15.0. The Bertz CT molecular complexity index is 907. The number of H-pyrrole nitrogens is 1. The van der Waals surface area contributed by atoms with Crippen LogP contribution >= 0.6 is 0 Å². The Kier molecular flexibility index (Phi) is 4.35. The summed E-state index contributed by atoms with van der Waals surface area (Å²) in [6.07, 6.45) is 0.942. The molecule has 3 N–H and O–H groups in total. The zero-order chi connectivity index (χ0) is 19.0. The Hall–Kier alpha value is -3.23. The second-order valence-electron chi connectivity index (χ2n) is 6.34. The third kappa shape index (κ3) is 2.94. The van der Waals surface area contributed by atoms with Crippen LogP contribution in [0.3, 0.4) is 0 Å². The molecule has 0 radical (unpaired) electrons. The number of ether oxygens (including phenoxy) is 3. The van der Waals surface area contributed by atoms with Crippen molar-refractivity contribution in [3.05, 3.63) is 29.0 Å². The molecule has 9 nitrogen and oxygen atoms in total. The molecule has 0 aliphatic carbocycles. The van der Waals surface area contributed by atoms with Crippen molar-refractivity contribution in [2.75, 3.05) is 32.7 Å². The van der Waals surface area contributed by atoms with Crippen LogP contribution in [0.2, 0.25) is 0 Å². The molecule has 9 heteroatoms. The van der Waals surface area contributed by atoms with Crippen molar-refractivity contribution in [3.63, 3.8) is 0 Å². The second-order valence-corrected chi connectivity index (χ2v) is 6.34. The molecule has 2 aliphatic heterocycles. The number of amides is 2. The molecule has 1 atom stereocenters. The number of benzene rings is 1. The zero-order valence-electron chi connectivity index (χ0n) is 15.0. The Morgan fingerprint density at radius 3 is 2.74 bits per heavy atom. The highest BCUT2D eigenvalue weighted by Crippen LogP contribution is 2.46. The number of hydrogen-bond acceptors (Lipinski definition) is 6. The molecule has 27 heavy (non-hydrogen) atoms. The van der Waals surface area contributed by atoms with E-state index in [0.717, 1.165) is 12.0 Å². The average Bonchev–Trinajstić information content (AvgIpc) is 2.96. The van der Waals surface area contributed by atoms with E-state index in [9.17, 15) is 9.59 Å². The van der Waals surface area contributed by atoms with Gasteiger partial charge in [0.1, 0.15) is 11.4 Å². The quantitative estimate of drug-likeness (QED) is 0.751. The van der Waals surface area contributed by atoms with Gasteiger partial charge in [-0.15, -0.1) is 0 Å². The molecule has 0 spiro atoms. The maximum atomic E-state index is 12.3. The van der Waals surface area contributed by atoms with Crippen molar-refractivity contribution < 1.29 is 23.8 Å². The number of aromatic nitrogens is 2. The Labute approximate surface area is 155 Å². The molecule has 0 saturated carbocycles. The van der Waals surface area contributed by atoms with Crippen LogP contribution in [0.5, 0.6) is 17.2 Å². The topological polar surface area (TPSA) is 115 Å². The lowest BCUT2D eigenvalue weighted by Gasteiger charge is -2.25. The SMILES string of the molecule is CNC(=O)c1[nH]nc2c1[C@H](c1cc3c(cc1OC)OCCCO3)CC(=O)N2. The minimum atomic E-state index is -0.410. The van der Waals surface area contributed by atoms with Gasteiger partial charge in [0, 0.05) is 43.0 Å². The minimum absolute atomic E-state index is 0.159. The molecule has 2 aromatic rings. The number of fused-ring (bicyclic) bond motifs is 2. The van der Waals surface area contributed by atoms with Gasteiger partial charge in [-0.25, -0.2) is 0 Å². The molecule has 1 aromatic heterocycles. The van der Waals surface area contributed by atoms with E-state index in [1.54, 1.807) is 20.2 Å². The number of nitrogens with zero attached hydrogens (tertiary/aromatic N) is 1. The maximum absolute atomic E-state index is 12.3. The summed E-state index contributed by atoms with van der Waals surface area (Å²) in [7, 11) is 3.10. The highest BCUT2D eigenvalue weighted by Gasteiger charge is 2.35. The van der Waals surface area contributed by atoms with E-state index in [2.05, 4.69) is 20.8 Å². The van der Waals surface area contributed by atoms with E-state index < -0.39 is 5.92 Å². The van der Waals surface area contributed by atoms with Crippen LogP contribution in [0, 0.1) is 0 Å². The van der Waals surface area contributed by atoms with Gasteiger partial charge in [-0.1, -0.05) is 0 Å². The molecule has 3 heterocycles. The predicted molar refractivity (Wildman–Crippen MR) is 95.7 cm³/mol. The summed E-state index contributed by atoms with van der Waals surface area (Å²) in [5.41, 5.74) is 1.68. The fourth-order valence-electron chi connectivity index (χ4n) is 3.47. The summed E-state index contributed by atoms with van der Waals surface area (Å²) in [5.74, 6) is 1.22. The lowest BCUT2D eigenvalue weighted by atomic mass is 9.84. The third-order valence-corrected chi connectivity index (χ3v) is 4.73. The van der Waals surface area contributed by atoms with Crippen molar-refractivity contribution in [1.82, 2.24) is 15.5 Å². The Balaban J connectivity index is 1.87. The van der Waals surface area contributed by atoms with E-state index in [4.69, 9.17) is 14.2 Å². The summed E-state index contributed by atoms with van der Waals surface area (Å²) in [6.45, 7) is 1.11. The largest absolute Gasteiger partial charge is 0.496 e. The fraction of sp³-hybridized carbons (Fsp3) is 0.389. The number of carbonyl (C=O) groups excluding carboxylic acids is 2. The van der Waals surface area contributed by atoms with Crippen molar-refractivity contribution in [2.24, 2.45) is 0 Å². The van der Waals surface area contributed by atoms with Crippen LogP contribution in [-0.4, -0.2) is 49.4 Å². The van der Waals surface area contributed by atoms with Crippen LogP contribution in [0.4, 0.5) is 5.82 Å². The van der Waals surface area contributed by atoms with Crippen LogP contribution in [0.15, 0.2) is 12.1 Å². The number of anilines is 1. The van der Waals surface area contributed by atoms with Crippen molar-refractivity contribution in [1.29, 1.82) is 0 Å². The molecule has 142 valence electrons. The first-order valence-electron chi connectivity index (χ1n) is 8.70. The first kappa shape index (κ1) is 17.2. The van der Waals surface area contributed by atoms with Crippen LogP contribution in [-0.2, 0) is 4.79 Å². The Morgan fingerprint density at radius 2 is 2.04 bits per heavy atom. The predicted octanol–water partition coefficient (Wildman–Crippen LogP) is 1.41. The van der Waals surface area contributed by atoms with Crippen LogP contribution in [0.25, 0.3) is 0 Å². The fourth-order valence-corrected chi connectivity index (χ4v) is 3.47. The van der Waals surface area contributed by atoms with E-state index in [1.165, 1.54) is 0 Å². The number of aromatic amines is 1. The highest BCUT2D eigenvalue weighted by atomic mass is 16.5. The number of methoxy groups -OCH3 is 1. The van der Waals surface area contributed by atoms with Gasteiger partial charge in [0.25, 0.3) is 5.91 Å². The van der Waals surface area contributed by atoms with Gasteiger partial charge in [0.2, 0.25) is 5.91 Å².